The van der Waals surface area contributed by atoms with E-state index in [1.807, 2.05) is 0 Å². The summed E-state index contributed by atoms with van der Waals surface area (Å²) in [6, 6.07) is 4.93. The van der Waals surface area contributed by atoms with Crippen molar-refractivity contribution in [1.29, 1.82) is 0 Å². The first kappa shape index (κ1) is 16.0. The minimum Gasteiger partial charge on any atom is -0.363 e. The van der Waals surface area contributed by atoms with E-state index in [1.165, 1.54) is 22.5 Å². The lowest BCUT2D eigenvalue weighted by Gasteiger charge is -2.34. The molecular formula is C14H16FN3O4S. The fourth-order valence-electron chi connectivity index (χ4n) is 2.47. The van der Waals surface area contributed by atoms with Crippen LogP contribution in [0.2, 0.25) is 0 Å². The summed E-state index contributed by atoms with van der Waals surface area (Å²) in [4.78, 5) is 4.00. The molecule has 7 nitrogen and oxygen atoms in total. The number of hydrogen-bond acceptors (Lipinski definition) is 6. The highest BCUT2D eigenvalue weighted by atomic mass is 32.2. The summed E-state index contributed by atoms with van der Waals surface area (Å²) >= 11 is 0. The van der Waals surface area contributed by atoms with Gasteiger partial charge in [0.2, 0.25) is 10.0 Å². The molecule has 1 saturated heterocycles. The van der Waals surface area contributed by atoms with Crippen LogP contribution in [-0.2, 0) is 14.8 Å². The van der Waals surface area contributed by atoms with E-state index in [4.69, 9.17) is 9.26 Å². The Hall–Kier alpha value is -1.84. The summed E-state index contributed by atoms with van der Waals surface area (Å²) in [6.07, 6.45) is -1.01. The normalized spacial score (nSPS) is 23.1. The van der Waals surface area contributed by atoms with Gasteiger partial charge in [-0.15, -0.1) is 0 Å². The molecule has 0 unspecified atom stereocenters. The SMILES string of the molecule is Cc1noc([C@H]2CN(S(=O)(=O)c3cccc(F)c3)C[C@@H](C)O2)n1. The van der Waals surface area contributed by atoms with Crippen LogP contribution < -0.4 is 0 Å². The van der Waals surface area contributed by atoms with Gasteiger partial charge in [-0.25, -0.2) is 12.8 Å². The van der Waals surface area contributed by atoms with Crippen LogP contribution in [0, 0.1) is 12.7 Å². The van der Waals surface area contributed by atoms with Crippen LogP contribution in [0.1, 0.15) is 24.7 Å². The second kappa shape index (κ2) is 5.99. The molecule has 2 atom stereocenters. The van der Waals surface area contributed by atoms with Gasteiger partial charge >= 0.3 is 0 Å². The number of nitrogens with zero attached hydrogens (tertiary/aromatic N) is 3. The number of hydrogen-bond donors (Lipinski definition) is 0. The number of ether oxygens (including phenoxy) is 1. The third kappa shape index (κ3) is 3.26. The van der Waals surface area contributed by atoms with Gasteiger partial charge in [-0.05, 0) is 32.0 Å². The lowest BCUT2D eigenvalue weighted by atomic mass is 10.2. The van der Waals surface area contributed by atoms with E-state index in [1.54, 1.807) is 13.8 Å². The molecule has 124 valence electrons. The van der Waals surface area contributed by atoms with Crippen molar-refractivity contribution in [3.63, 3.8) is 0 Å². The second-order valence-electron chi connectivity index (χ2n) is 5.39. The molecule has 3 rings (SSSR count). The number of morpholine rings is 1. The molecule has 0 radical (unpaired) electrons. The first-order chi connectivity index (χ1) is 10.9. The van der Waals surface area contributed by atoms with Crippen LogP contribution in [0.4, 0.5) is 4.39 Å². The molecule has 0 aliphatic carbocycles. The maximum atomic E-state index is 13.3. The van der Waals surface area contributed by atoms with E-state index < -0.39 is 21.9 Å². The molecule has 9 heteroatoms. The number of aryl methyl sites for hydroxylation is 1. The van der Waals surface area contributed by atoms with Crippen molar-refractivity contribution in [3.05, 3.63) is 41.8 Å². The van der Waals surface area contributed by atoms with Crippen LogP contribution in [0.25, 0.3) is 0 Å². The summed E-state index contributed by atoms with van der Waals surface area (Å²) in [5.41, 5.74) is 0. The summed E-state index contributed by atoms with van der Waals surface area (Å²) in [7, 11) is -3.83. The van der Waals surface area contributed by atoms with Crippen molar-refractivity contribution in [1.82, 2.24) is 14.4 Å². The third-order valence-corrected chi connectivity index (χ3v) is 5.31. The second-order valence-corrected chi connectivity index (χ2v) is 7.33. The van der Waals surface area contributed by atoms with Crippen LogP contribution in [0.15, 0.2) is 33.7 Å². The van der Waals surface area contributed by atoms with E-state index in [0.717, 1.165) is 6.07 Å². The standard InChI is InChI=1S/C14H16FN3O4S/c1-9-7-18(8-13(21-9)14-16-10(2)17-22-14)23(19,20)12-5-3-4-11(15)6-12/h3-6,9,13H,7-8H2,1-2H3/t9-,13-/m1/s1. The van der Waals surface area contributed by atoms with Crippen LogP contribution in [0.3, 0.4) is 0 Å². The van der Waals surface area contributed by atoms with Gasteiger partial charge in [-0.1, -0.05) is 11.2 Å². The van der Waals surface area contributed by atoms with Crippen molar-refractivity contribution in [3.8, 4) is 0 Å². The predicted octanol–water partition coefficient (Wildman–Crippen LogP) is 1.67. The Morgan fingerprint density at radius 1 is 1.35 bits per heavy atom. The van der Waals surface area contributed by atoms with E-state index >= 15 is 0 Å². The van der Waals surface area contributed by atoms with Gasteiger partial charge in [0.15, 0.2) is 11.9 Å². The minimum atomic E-state index is -3.83. The van der Waals surface area contributed by atoms with Crippen LogP contribution >= 0.6 is 0 Å². The zero-order chi connectivity index (χ0) is 16.6. The van der Waals surface area contributed by atoms with Gasteiger partial charge in [-0.2, -0.15) is 9.29 Å². The van der Waals surface area contributed by atoms with Crippen molar-refractivity contribution in [2.24, 2.45) is 0 Å². The lowest BCUT2D eigenvalue weighted by molar-refractivity contribution is -0.0690. The molecule has 0 amide bonds. The molecular weight excluding hydrogens is 325 g/mol. The summed E-state index contributed by atoms with van der Waals surface area (Å²) < 4.78 is 50.8. The van der Waals surface area contributed by atoms with E-state index in [0.29, 0.717) is 5.82 Å². The smallest absolute Gasteiger partial charge is 0.257 e. The molecule has 0 saturated carbocycles. The first-order valence-corrected chi connectivity index (χ1v) is 8.51. The molecule has 1 aromatic carbocycles. The monoisotopic (exact) mass is 341 g/mol. The highest BCUT2D eigenvalue weighted by Crippen LogP contribution is 2.28. The fourth-order valence-corrected chi connectivity index (χ4v) is 4.01. The Morgan fingerprint density at radius 3 is 2.78 bits per heavy atom. The molecule has 0 bridgehead atoms. The summed E-state index contributed by atoms with van der Waals surface area (Å²) in [5, 5.41) is 3.69. The lowest BCUT2D eigenvalue weighted by Crippen LogP contribution is -2.45. The zero-order valence-corrected chi connectivity index (χ0v) is 13.5. The first-order valence-electron chi connectivity index (χ1n) is 7.07. The van der Waals surface area contributed by atoms with Gasteiger partial charge in [-0.3, -0.25) is 0 Å². The molecule has 2 heterocycles. The van der Waals surface area contributed by atoms with Crippen molar-refractivity contribution in [2.75, 3.05) is 13.1 Å². The average molecular weight is 341 g/mol. The molecule has 1 aliphatic heterocycles. The maximum absolute atomic E-state index is 13.3. The van der Waals surface area contributed by atoms with Gasteiger partial charge in [0.25, 0.3) is 5.89 Å². The van der Waals surface area contributed by atoms with Crippen molar-refractivity contribution >= 4 is 10.0 Å². The highest BCUT2D eigenvalue weighted by Gasteiger charge is 2.36. The van der Waals surface area contributed by atoms with Gasteiger partial charge < -0.3 is 9.26 Å². The van der Waals surface area contributed by atoms with Crippen LogP contribution in [0.5, 0.6) is 0 Å². The fraction of sp³-hybridized carbons (Fsp3) is 0.429. The van der Waals surface area contributed by atoms with E-state index in [-0.39, 0.29) is 30.0 Å². The molecule has 2 aromatic rings. The molecule has 1 fully saturated rings. The van der Waals surface area contributed by atoms with Gasteiger partial charge in [0.1, 0.15) is 5.82 Å². The number of aromatic nitrogens is 2. The van der Waals surface area contributed by atoms with Crippen LogP contribution in [-0.4, -0.2) is 42.1 Å². The quantitative estimate of drug-likeness (QED) is 0.844. The summed E-state index contributed by atoms with van der Waals surface area (Å²) in [5.74, 6) is 0.0753. The topological polar surface area (TPSA) is 85.5 Å². The van der Waals surface area contributed by atoms with E-state index in [9.17, 15) is 12.8 Å². The molecule has 0 spiro atoms. The molecule has 1 aliphatic rings. The van der Waals surface area contributed by atoms with E-state index in [2.05, 4.69) is 10.1 Å². The molecule has 1 aromatic heterocycles. The Kier molecular flexibility index (Phi) is 4.17. The highest BCUT2D eigenvalue weighted by molar-refractivity contribution is 7.89. The number of halogens is 1. The molecule has 0 N–H and O–H groups in total. The van der Waals surface area contributed by atoms with Gasteiger partial charge in [0.05, 0.1) is 11.0 Å². The summed E-state index contributed by atoms with van der Waals surface area (Å²) in [6.45, 7) is 3.62. The minimum absolute atomic E-state index is 0.0326. The zero-order valence-electron chi connectivity index (χ0n) is 12.6. The van der Waals surface area contributed by atoms with Crippen molar-refractivity contribution < 1.29 is 22.1 Å². The van der Waals surface area contributed by atoms with Gasteiger partial charge in [0, 0.05) is 13.1 Å². The van der Waals surface area contributed by atoms with Crippen molar-refractivity contribution in [2.45, 2.75) is 31.0 Å². The molecule has 23 heavy (non-hydrogen) atoms. The maximum Gasteiger partial charge on any atom is 0.257 e. The third-order valence-electron chi connectivity index (χ3n) is 3.48. The number of rotatable bonds is 3. The predicted molar refractivity (Wildman–Crippen MR) is 77.5 cm³/mol. The Bertz CT molecular complexity index is 808. The largest absolute Gasteiger partial charge is 0.363 e. The Balaban J connectivity index is 1.89. The Labute approximate surface area is 133 Å². The Morgan fingerprint density at radius 2 is 2.13 bits per heavy atom. The average Bonchev–Trinajstić information content (AvgIpc) is 2.93. The number of benzene rings is 1. The number of sulfonamides is 1.